The molecule has 0 atom stereocenters. The highest BCUT2D eigenvalue weighted by Gasteiger charge is 2.21. The van der Waals surface area contributed by atoms with Crippen LogP contribution in [0.15, 0.2) is 48.5 Å². The van der Waals surface area contributed by atoms with E-state index in [2.05, 4.69) is 10.4 Å². The van der Waals surface area contributed by atoms with Crippen LogP contribution in [0, 0.1) is 24.0 Å². The maximum atomic E-state index is 12.8. The van der Waals surface area contributed by atoms with Gasteiger partial charge in [-0.3, -0.25) is 14.9 Å². The fraction of sp³-hybridized carbons (Fsp3) is 0.158. The lowest BCUT2D eigenvalue weighted by Gasteiger charge is -2.10. The molecule has 3 rings (SSSR count). The molecule has 0 aliphatic heterocycles. The van der Waals surface area contributed by atoms with Crippen molar-refractivity contribution in [2.24, 2.45) is 0 Å². The van der Waals surface area contributed by atoms with Crippen LogP contribution in [0.25, 0.3) is 5.69 Å². The van der Waals surface area contributed by atoms with Gasteiger partial charge in [0.2, 0.25) is 0 Å². The summed E-state index contributed by atoms with van der Waals surface area (Å²) in [6, 6.07) is 13.5. The van der Waals surface area contributed by atoms with Gasteiger partial charge in [-0.2, -0.15) is 5.10 Å². The molecule has 0 aliphatic carbocycles. The van der Waals surface area contributed by atoms with Crippen molar-refractivity contribution >= 4 is 17.3 Å². The third kappa shape index (κ3) is 3.50. The number of aromatic nitrogens is 2. The van der Waals surface area contributed by atoms with Gasteiger partial charge in [-0.15, -0.1) is 0 Å². The van der Waals surface area contributed by atoms with E-state index in [-0.39, 0.29) is 17.3 Å². The van der Waals surface area contributed by atoms with Crippen molar-refractivity contribution < 1.29 is 14.5 Å². The number of carbonyl (C=O) groups excluding carboxylic acids is 1. The lowest BCUT2D eigenvalue weighted by atomic mass is 10.1. The lowest BCUT2D eigenvalue weighted by Crippen LogP contribution is -2.15. The Hall–Kier alpha value is -3.68. The van der Waals surface area contributed by atoms with Crippen LogP contribution >= 0.6 is 0 Å². The van der Waals surface area contributed by atoms with E-state index >= 15 is 0 Å². The maximum absolute atomic E-state index is 12.8. The number of aryl methyl sites for hydroxylation is 1. The van der Waals surface area contributed by atoms with E-state index in [1.165, 1.54) is 25.3 Å². The number of amides is 1. The predicted molar refractivity (Wildman–Crippen MR) is 101 cm³/mol. The molecule has 2 aromatic carbocycles. The summed E-state index contributed by atoms with van der Waals surface area (Å²) >= 11 is 0. The highest BCUT2D eigenvalue weighted by Crippen LogP contribution is 2.30. The Bertz CT molecular complexity index is 1010. The highest BCUT2D eigenvalue weighted by atomic mass is 16.6. The summed E-state index contributed by atoms with van der Waals surface area (Å²) in [5.41, 5.74) is 2.80. The van der Waals surface area contributed by atoms with E-state index in [4.69, 9.17) is 4.74 Å². The van der Waals surface area contributed by atoms with Crippen molar-refractivity contribution in [2.45, 2.75) is 13.8 Å². The number of non-ortho nitro benzene ring substituents is 1. The van der Waals surface area contributed by atoms with Crippen LogP contribution in [0.2, 0.25) is 0 Å². The average Bonchev–Trinajstić information content (AvgIpc) is 2.96. The van der Waals surface area contributed by atoms with E-state index < -0.39 is 4.92 Å². The van der Waals surface area contributed by atoms with Gasteiger partial charge in [0.25, 0.3) is 11.6 Å². The molecule has 0 aliphatic rings. The van der Waals surface area contributed by atoms with Crippen molar-refractivity contribution in [1.29, 1.82) is 0 Å². The minimum atomic E-state index is -0.522. The first-order valence-electron chi connectivity index (χ1n) is 8.17. The Balaban J connectivity index is 1.94. The quantitative estimate of drug-likeness (QED) is 0.549. The number of nitrogens with one attached hydrogen (secondary N) is 1. The molecular formula is C19H18N4O4. The molecular weight excluding hydrogens is 348 g/mol. The van der Waals surface area contributed by atoms with Gasteiger partial charge in [0, 0.05) is 6.07 Å². The molecule has 1 aromatic heterocycles. The number of nitro groups is 1. The van der Waals surface area contributed by atoms with Gasteiger partial charge in [0.15, 0.2) is 0 Å². The van der Waals surface area contributed by atoms with Crippen molar-refractivity contribution in [3.8, 4) is 11.4 Å². The van der Waals surface area contributed by atoms with E-state index in [1.54, 1.807) is 11.6 Å². The summed E-state index contributed by atoms with van der Waals surface area (Å²) in [5, 5.41) is 18.1. The number of nitrogens with zero attached hydrogens (tertiary/aromatic N) is 3. The van der Waals surface area contributed by atoms with Gasteiger partial charge in [-0.1, -0.05) is 18.2 Å². The molecule has 1 heterocycles. The monoisotopic (exact) mass is 366 g/mol. The Morgan fingerprint density at radius 1 is 1.19 bits per heavy atom. The van der Waals surface area contributed by atoms with Crippen LogP contribution in [-0.4, -0.2) is 27.7 Å². The number of carbonyl (C=O) groups is 1. The first kappa shape index (κ1) is 18.1. The molecule has 0 saturated carbocycles. The fourth-order valence-corrected chi connectivity index (χ4v) is 2.87. The minimum Gasteiger partial charge on any atom is -0.494 e. The van der Waals surface area contributed by atoms with Gasteiger partial charge in [0.1, 0.15) is 5.75 Å². The fourth-order valence-electron chi connectivity index (χ4n) is 2.87. The Morgan fingerprint density at radius 2 is 1.89 bits per heavy atom. The Labute approximate surface area is 155 Å². The number of methoxy groups -OCH3 is 1. The summed E-state index contributed by atoms with van der Waals surface area (Å²) in [5.74, 6) is -0.150. The summed E-state index contributed by atoms with van der Waals surface area (Å²) in [4.78, 5) is 23.2. The van der Waals surface area contributed by atoms with Crippen molar-refractivity contribution in [2.75, 3.05) is 12.4 Å². The Kier molecular flexibility index (Phi) is 4.89. The maximum Gasteiger partial charge on any atom is 0.273 e. The SMILES string of the molecule is COc1cc([N+](=O)[O-])ccc1NC(=O)c1c(C)nn(-c2ccccc2)c1C. The lowest BCUT2D eigenvalue weighted by molar-refractivity contribution is -0.384. The molecule has 3 aromatic rings. The molecule has 8 nitrogen and oxygen atoms in total. The van der Waals surface area contributed by atoms with Crippen LogP contribution in [0.3, 0.4) is 0 Å². The third-order valence-electron chi connectivity index (χ3n) is 4.16. The van der Waals surface area contributed by atoms with Crippen LogP contribution in [0.5, 0.6) is 5.75 Å². The standard InChI is InChI=1S/C19H18N4O4/c1-12-18(13(2)22(21-12)14-7-5-4-6-8-14)19(24)20-16-10-9-15(23(25)26)11-17(16)27-3/h4-11H,1-3H3,(H,20,24). The number of anilines is 1. The zero-order valence-corrected chi connectivity index (χ0v) is 15.1. The molecule has 0 fully saturated rings. The van der Waals surface area contributed by atoms with Crippen molar-refractivity contribution in [1.82, 2.24) is 9.78 Å². The number of hydrogen-bond acceptors (Lipinski definition) is 5. The molecule has 138 valence electrons. The minimum absolute atomic E-state index is 0.117. The molecule has 1 amide bonds. The zero-order valence-electron chi connectivity index (χ0n) is 15.1. The molecule has 0 unspecified atom stereocenters. The van der Waals surface area contributed by atoms with Crippen LogP contribution < -0.4 is 10.1 Å². The Morgan fingerprint density at radius 3 is 2.52 bits per heavy atom. The third-order valence-corrected chi connectivity index (χ3v) is 4.16. The van der Waals surface area contributed by atoms with Crippen molar-refractivity contribution in [3.63, 3.8) is 0 Å². The van der Waals surface area contributed by atoms with E-state index in [9.17, 15) is 14.9 Å². The van der Waals surface area contributed by atoms with Gasteiger partial charge in [0.05, 0.1) is 46.4 Å². The van der Waals surface area contributed by atoms with Crippen LogP contribution in [0.1, 0.15) is 21.7 Å². The van der Waals surface area contributed by atoms with Crippen molar-refractivity contribution in [3.05, 3.63) is 75.6 Å². The van der Waals surface area contributed by atoms with E-state index in [0.717, 1.165) is 5.69 Å². The molecule has 0 radical (unpaired) electrons. The molecule has 27 heavy (non-hydrogen) atoms. The first-order valence-corrected chi connectivity index (χ1v) is 8.17. The molecule has 0 bridgehead atoms. The molecule has 0 saturated heterocycles. The van der Waals surface area contributed by atoms with Crippen LogP contribution in [0.4, 0.5) is 11.4 Å². The number of benzene rings is 2. The second-order valence-electron chi connectivity index (χ2n) is 5.89. The number of ether oxygens (including phenoxy) is 1. The molecule has 8 heteroatoms. The molecule has 1 N–H and O–H groups in total. The first-order chi connectivity index (χ1) is 12.9. The van der Waals surface area contributed by atoms with Gasteiger partial charge >= 0.3 is 0 Å². The zero-order chi connectivity index (χ0) is 19.6. The highest BCUT2D eigenvalue weighted by molar-refractivity contribution is 6.06. The normalized spacial score (nSPS) is 10.5. The van der Waals surface area contributed by atoms with Crippen LogP contribution in [-0.2, 0) is 0 Å². The number of rotatable bonds is 5. The number of para-hydroxylation sites is 1. The van der Waals surface area contributed by atoms with E-state index in [0.29, 0.717) is 22.6 Å². The second-order valence-corrected chi connectivity index (χ2v) is 5.89. The number of hydrogen-bond donors (Lipinski definition) is 1. The predicted octanol–water partition coefficient (Wildman–Crippen LogP) is 3.66. The second kappa shape index (κ2) is 7.28. The van der Waals surface area contributed by atoms with E-state index in [1.807, 2.05) is 37.3 Å². The van der Waals surface area contributed by atoms with Gasteiger partial charge in [-0.25, -0.2) is 4.68 Å². The average molecular weight is 366 g/mol. The molecule has 0 spiro atoms. The summed E-state index contributed by atoms with van der Waals surface area (Å²) in [6.07, 6.45) is 0. The number of nitro benzene ring substituents is 1. The summed E-state index contributed by atoms with van der Waals surface area (Å²) in [6.45, 7) is 3.57. The van der Waals surface area contributed by atoms with Gasteiger partial charge < -0.3 is 10.1 Å². The van der Waals surface area contributed by atoms with Gasteiger partial charge in [-0.05, 0) is 32.0 Å². The summed E-state index contributed by atoms with van der Waals surface area (Å²) < 4.78 is 6.87. The largest absolute Gasteiger partial charge is 0.494 e. The smallest absolute Gasteiger partial charge is 0.273 e. The topological polar surface area (TPSA) is 99.3 Å². The summed E-state index contributed by atoms with van der Waals surface area (Å²) in [7, 11) is 1.39.